The Hall–Kier alpha value is -6.04. The summed E-state index contributed by atoms with van der Waals surface area (Å²) in [6, 6.07) is 37.5. The summed E-state index contributed by atoms with van der Waals surface area (Å²) in [5.41, 5.74) is 8.92. The first-order valence-corrected chi connectivity index (χ1v) is 14.2. The van der Waals surface area contributed by atoms with Crippen LogP contribution in [0.4, 0.5) is 0 Å². The maximum Gasteiger partial charge on any atom is 0.139 e. The van der Waals surface area contributed by atoms with E-state index in [0.29, 0.717) is 12.0 Å². The fourth-order valence-electron chi connectivity index (χ4n) is 6.87. The monoisotopic (exact) mass is 551 g/mol. The second kappa shape index (κ2) is 8.73. The lowest BCUT2D eigenvalue weighted by Gasteiger charge is -2.27. The number of furan rings is 2. The van der Waals surface area contributed by atoms with Crippen LogP contribution in [0, 0.1) is 22.7 Å². The molecule has 0 amide bonds. The van der Waals surface area contributed by atoms with Gasteiger partial charge in [0.15, 0.2) is 0 Å². The molecule has 43 heavy (non-hydrogen) atoms. The SMILES string of the molecule is N#CC1=CC=C(c2ccc3oc4cc5oc6ccc(C#N)cc6c5cc4c3c2)C(n2c3ccccc3c3ccccc32)C1. The average molecular weight is 552 g/mol. The van der Waals surface area contributed by atoms with Crippen molar-refractivity contribution in [2.45, 2.75) is 12.5 Å². The van der Waals surface area contributed by atoms with Crippen molar-refractivity contribution in [3.05, 3.63) is 126 Å². The number of hydrogen-bond donors (Lipinski definition) is 0. The Kier molecular flexibility index (Phi) is 4.80. The molecule has 0 fully saturated rings. The molecule has 1 atom stereocenters. The lowest BCUT2D eigenvalue weighted by atomic mass is 9.88. The standard InChI is InChI=1S/C38H21N3O2/c39-20-22-10-13-35-28(15-22)30-18-31-29-17-24(11-14-36(29)43-38(31)19-37(30)42-35)25-12-9-23(21-40)16-34(25)41-32-7-3-1-5-26(32)27-6-2-4-8-33(27)41/h1-15,17-19,34H,16H2. The van der Waals surface area contributed by atoms with Gasteiger partial charge in [0.25, 0.3) is 0 Å². The molecule has 0 radical (unpaired) electrons. The summed E-state index contributed by atoms with van der Waals surface area (Å²) in [5.74, 6) is 0. The summed E-state index contributed by atoms with van der Waals surface area (Å²) in [4.78, 5) is 0. The number of aromatic nitrogens is 1. The molecule has 0 N–H and O–H groups in total. The number of nitrogens with zero attached hydrogens (tertiary/aromatic N) is 3. The number of allylic oxidation sites excluding steroid dienone is 4. The van der Waals surface area contributed by atoms with Crippen molar-refractivity contribution in [1.82, 2.24) is 4.57 Å². The van der Waals surface area contributed by atoms with Crippen LogP contribution in [-0.4, -0.2) is 4.57 Å². The van der Waals surface area contributed by atoms with Crippen molar-refractivity contribution in [3.8, 4) is 12.1 Å². The number of fused-ring (bicyclic) bond motifs is 9. The number of hydrogen-bond acceptors (Lipinski definition) is 4. The third kappa shape index (κ3) is 3.37. The van der Waals surface area contributed by atoms with E-state index in [9.17, 15) is 10.5 Å². The fourth-order valence-corrected chi connectivity index (χ4v) is 6.87. The van der Waals surface area contributed by atoms with E-state index in [-0.39, 0.29) is 6.04 Å². The lowest BCUT2D eigenvalue weighted by molar-refractivity contribution is 0.653. The Balaban J connectivity index is 1.27. The van der Waals surface area contributed by atoms with Crippen LogP contribution in [0.15, 0.2) is 124 Å². The van der Waals surface area contributed by atoms with E-state index in [2.05, 4.69) is 89.5 Å². The van der Waals surface area contributed by atoms with E-state index in [1.165, 1.54) is 10.8 Å². The Labute approximate surface area is 245 Å². The maximum absolute atomic E-state index is 9.90. The van der Waals surface area contributed by atoms with Gasteiger partial charge in [-0.1, -0.05) is 48.5 Å². The van der Waals surface area contributed by atoms with Gasteiger partial charge in [-0.25, -0.2) is 0 Å². The zero-order chi connectivity index (χ0) is 28.7. The molecule has 5 aromatic carbocycles. The van der Waals surface area contributed by atoms with Gasteiger partial charge in [-0.05, 0) is 65.7 Å². The molecule has 3 aromatic heterocycles. The molecule has 200 valence electrons. The molecule has 0 saturated carbocycles. The molecule has 0 bridgehead atoms. The Bertz CT molecular complexity index is 2570. The van der Waals surface area contributed by atoms with Crippen LogP contribution in [0.1, 0.15) is 23.6 Å². The average Bonchev–Trinajstić information content (AvgIpc) is 3.71. The topological polar surface area (TPSA) is 78.8 Å². The third-order valence-corrected chi connectivity index (χ3v) is 8.83. The van der Waals surface area contributed by atoms with Crippen LogP contribution in [-0.2, 0) is 0 Å². The Morgan fingerprint density at radius 3 is 1.88 bits per heavy atom. The van der Waals surface area contributed by atoms with Gasteiger partial charge in [-0.2, -0.15) is 10.5 Å². The quantitative estimate of drug-likeness (QED) is 0.214. The predicted octanol–water partition coefficient (Wildman–Crippen LogP) is 9.94. The van der Waals surface area contributed by atoms with E-state index in [4.69, 9.17) is 8.83 Å². The van der Waals surface area contributed by atoms with Crippen molar-refractivity contribution in [3.63, 3.8) is 0 Å². The van der Waals surface area contributed by atoms with Gasteiger partial charge < -0.3 is 13.4 Å². The van der Waals surface area contributed by atoms with Crippen molar-refractivity contribution >= 4 is 71.3 Å². The lowest BCUT2D eigenvalue weighted by Crippen LogP contribution is -2.14. The molecule has 0 spiro atoms. The molecule has 1 unspecified atom stereocenters. The predicted molar refractivity (Wildman–Crippen MR) is 170 cm³/mol. The highest BCUT2D eigenvalue weighted by Crippen LogP contribution is 2.44. The smallest absolute Gasteiger partial charge is 0.139 e. The molecule has 3 heterocycles. The van der Waals surface area contributed by atoms with Gasteiger partial charge in [0.2, 0.25) is 0 Å². The molecule has 0 saturated heterocycles. The van der Waals surface area contributed by atoms with Crippen LogP contribution < -0.4 is 0 Å². The zero-order valence-corrected chi connectivity index (χ0v) is 22.8. The highest BCUT2D eigenvalue weighted by Gasteiger charge is 2.26. The second-order valence-corrected chi connectivity index (χ2v) is 11.1. The molecule has 9 rings (SSSR count). The van der Waals surface area contributed by atoms with E-state index < -0.39 is 0 Å². The minimum atomic E-state index is -0.0611. The van der Waals surface area contributed by atoms with Crippen LogP contribution in [0.25, 0.3) is 71.3 Å². The van der Waals surface area contributed by atoms with Crippen LogP contribution in [0.2, 0.25) is 0 Å². The first kappa shape index (κ1) is 23.6. The van der Waals surface area contributed by atoms with Gasteiger partial charge >= 0.3 is 0 Å². The maximum atomic E-state index is 9.90. The van der Waals surface area contributed by atoms with Crippen molar-refractivity contribution in [2.75, 3.05) is 0 Å². The third-order valence-electron chi connectivity index (χ3n) is 8.83. The normalized spacial score (nSPS) is 15.3. The highest BCUT2D eigenvalue weighted by molar-refractivity contribution is 6.15. The van der Waals surface area contributed by atoms with Crippen molar-refractivity contribution in [2.24, 2.45) is 0 Å². The molecular weight excluding hydrogens is 530 g/mol. The largest absolute Gasteiger partial charge is 0.456 e. The Morgan fingerprint density at radius 1 is 0.581 bits per heavy atom. The van der Waals surface area contributed by atoms with E-state index in [1.807, 2.05) is 30.3 Å². The molecule has 0 aliphatic heterocycles. The Morgan fingerprint density at radius 2 is 1.21 bits per heavy atom. The summed E-state index contributed by atoms with van der Waals surface area (Å²) in [6.45, 7) is 0. The van der Waals surface area contributed by atoms with Crippen LogP contribution in [0.3, 0.4) is 0 Å². The fraction of sp³-hybridized carbons (Fsp3) is 0.0526. The summed E-state index contributed by atoms with van der Waals surface area (Å²) >= 11 is 0. The van der Waals surface area contributed by atoms with E-state index in [1.54, 1.807) is 6.07 Å². The first-order valence-electron chi connectivity index (χ1n) is 14.2. The van der Waals surface area contributed by atoms with Crippen molar-refractivity contribution in [1.29, 1.82) is 10.5 Å². The summed E-state index contributed by atoms with van der Waals surface area (Å²) in [5, 5.41) is 25.6. The molecular formula is C38H21N3O2. The summed E-state index contributed by atoms with van der Waals surface area (Å²) < 4.78 is 14.8. The zero-order valence-electron chi connectivity index (χ0n) is 22.8. The summed E-state index contributed by atoms with van der Waals surface area (Å²) in [7, 11) is 0. The van der Waals surface area contributed by atoms with E-state index >= 15 is 0 Å². The number of benzene rings is 5. The summed E-state index contributed by atoms with van der Waals surface area (Å²) in [6.07, 6.45) is 4.66. The van der Waals surface area contributed by atoms with Crippen LogP contribution in [0.5, 0.6) is 0 Å². The molecule has 8 aromatic rings. The molecule has 5 nitrogen and oxygen atoms in total. The van der Waals surface area contributed by atoms with Crippen LogP contribution >= 0.6 is 0 Å². The van der Waals surface area contributed by atoms with Gasteiger partial charge in [0.05, 0.1) is 23.7 Å². The van der Waals surface area contributed by atoms with Gasteiger partial charge in [-0.3, -0.25) is 0 Å². The number of rotatable bonds is 2. The number of para-hydroxylation sites is 2. The minimum Gasteiger partial charge on any atom is -0.456 e. The molecule has 5 heteroatoms. The number of nitriles is 2. The first-order chi connectivity index (χ1) is 21.2. The minimum absolute atomic E-state index is 0.0611. The molecule has 1 aliphatic carbocycles. The van der Waals surface area contributed by atoms with Crippen molar-refractivity contribution < 1.29 is 8.83 Å². The highest BCUT2D eigenvalue weighted by atomic mass is 16.3. The van der Waals surface area contributed by atoms with Gasteiger partial charge in [0.1, 0.15) is 22.3 Å². The van der Waals surface area contributed by atoms with Gasteiger partial charge in [0, 0.05) is 61.4 Å². The second-order valence-electron chi connectivity index (χ2n) is 11.1. The van der Waals surface area contributed by atoms with E-state index in [0.717, 1.165) is 71.6 Å². The molecule has 1 aliphatic rings. The van der Waals surface area contributed by atoms with Gasteiger partial charge in [-0.15, -0.1) is 0 Å².